The van der Waals surface area contributed by atoms with Gasteiger partial charge in [-0.1, -0.05) is 18.2 Å². The van der Waals surface area contributed by atoms with Crippen LogP contribution in [-0.2, 0) is 16.0 Å². The number of amides is 2. The maximum Gasteiger partial charge on any atom is 0.240 e. The molecule has 0 aromatic heterocycles. The molecular weight excluding hydrogens is 346 g/mol. The van der Waals surface area contributed by atoms with Crippen LogP contribution in [0.25, 0.3) is 0 Å². The summed E-state index contributed by atoms with van der Waals surface area (Å²) < 4.78 is 0. The highest BCUT2D eigenvalue weighted by atomic mass is 16.3. The van der Waals surface area contributed by atoms with Crippen molar-refractivity contribution in [3.05, 3.63) is 53.6 Å². The lowest BCUT2D eigenvalue weighted by Crippen LogP contribution is -2.36. The van der Waals surface area contributed by atoms with Crippen molar-refractivity contribution in [3.8, 4) is 11.5 Å². The molecule has 27 heavy (non-hydrogen) atoms. The third-order valence-corrected chi connectivity index (χ3v) is 4.38. The quantitative estimate of drug-likeness (QED) is 0.557. The lowest BCUT2D eigenvalue weighted by atomic mass is 10.0. The second-order valence-electron chi connectivity index (χ2n) is 6.31. The summed E-state index contributed by atoms with van der Waals surface area (Å²) in [5.74, 6) is -0.681. The molecule has 0 unspecified atom stereocenters. The molecule has 0 saturated heterocycles. The van der Waals surface area contributed by atoms with E-state index in [0.29, 0.717) is 12.1 Å². The van der Waals surface area contributed by atoms with Crippen molar-refractivity contribution in [1.29, 1.82) is 0 Å². The molecule has 3 N–H and O–H groups in total. The third-order valence-electron chi connectivity index (χ3n) is 4.38. The van der Waals surface area contributed by atoms with E-state index in [9.17, 15) is 19.8 Å². The van der Waals surface area contributed by atoms with E-state index in [1.165, 1.54) is 24.4 Å². The molecule has 0 bridgehead atoms. The molecule has 2 aromatic carbocycles. The van der Waals surface area contributed by atoms with Gasteiger partial charge >= 0.3 is 0 Å². The van der Waals surface area contributed by atoms with Crippen molar-refractivity contribution in [3.63, 3.8) is 0 Å². The van der Waals surface area contributed by atoms with Crippen LogP contribution in [0.2, 0.25) is 0 Å². The highest BCUT2D eigenvalue weighted by molar-refractivity contribution is 5.96. The molecule has 0 spiro atoms. The summed E-state index contributed by atoms with van der Waals surface area (Å²) in [6.45, 7) is 0.662. The van der Waals surface area contributed by atoms with Crippen molar-refractivity contribution in [2.24, 2.45) is 5.10 Å². The molecule has 7 nitrogen and oxygen atoms in total. The maximum absolute atomic E-state index is 12.5. The normalized spacial score (nSPS) is 13.4. The number of hydrogen-bond donors (Lipinski definition) is 3. The number of fused-ring (bicyclic) bond motifs is 1. The van der Waals surface area contributed by atoms with Gasteiger partial charge in [-0.15, -0.1) is 0 Å². The summed E-state index contributed by atoms with van der Waals surface area (Å²) >= 11 is 0. The predicted octanol–water partition coefficient (Wildman–Crippen LogP) is 2.31. The highest BCUT2D eigenvalue weighted by Gasteiger charge is 2.22. The molecule has 0 aliphatic carbocycles. The summed E-state index contributed by atoms with van der Waals surface area (Å²) in [7, 11) is 0. The zero-order valence-corrected chi connectivity index (χ0v) is 14.8. The van der Waals surface area contributed by atoms with Gasteiger partial charge in [0.1, 0.15) is 11.5 Å². The molecule has 2 amide bonds. The Labute approximate surface area is 156 Å². The van der Waals surface area contributed by atoms with Crippen LogP contribution in [-0.4, -0.2) is 34.8 Å². The van der Waals surface area contributed by atoms with Crippen LogP contribution >= 0.6 is 0 Å². The van der Waals surface area contributed by atoms with Gasteiger partial charge in [-0.25, -0.2) is 5.43 Å². The first kappa shape index (κ1) is 18.4. The van der Waals surface area contributed by atoms with Gasteiger partial charge in [0.05, 0.1) is 6.21 Å². The van der Waals surface area contributed by atoms with Gasteiger partial charge in [0, 0.05) is 36.7 Å². The fourth-order valence-corrected chi connectivity index (χ4v) is 3.02. The average Bonchev–Trinajstić information content (AvgIpc) is 2.67. The van der Waals surface area contributed by atoms with Gasteiger partial charge < -0.3 is 15.1 Å². The first-order chi connectivity index (χ1) is 13.0. The Morgan fingerprint density at radius 2 is 1.96 bits per heavy atom. The summed E-state index contributed by atoms with van der Waals surface area (Å²) in [5, 5.41) is 22.6. The van der Waals surface area contributed by atoms with Gasteiger partial charge in [0.15, 0.2) is 0 Å². The Hall–Kier alpha value is -3.35. The van der Waals surface area contributed by atoms with Crippen LogP contribution < -0.4 is 10.3 Å². The van der Waals surface area contributed by atoms with Crippen LogP contribution in [0.4, 0.5) is 5.69 Å². The number of nitrogens with one attached hydrogen (secondary N) is 1. The van der Waals surface area contributed by atoms with Crippen molar-refractivity contribution >= 4 is 23.7 Å². The molecule has 3 rings (SSSR count). The number of carbonyl (C=O) groups is 2. The van der Waals surface area contributed by atoms with Crippen LogP contribution in [0.1, 0.15) is 30.4 Å². The minimum atomic E-state index is -0.386. The molecule has 1 heterocycles. The van der Waals surface area contributed by atoms with Crippen molar-refractivity contribution < 1.29 is 19.8 Å². The lowest BCUT2D eigenvalue weighted by Gasteiger charge is -2.29. The number of para-hydroxylation sites is 1. The molecule has 0 radical (unpaired) electrons. The SMILES string of the molecule is O=C(CCC(=O)N1CCCc2ccccc21)N/N=C/c1ccc(O)cc1O. The number of rotatable bonds is 5. The fourth-order valence-electron chi connectivity index (χ4n) is 3.02. The standard InChI is InChI=1S/C20H21N3O4/c24-16-8-7-15(18(25)12-16)13-21-22-19(26)9-10-20(27)23-11-3-5-14-4-1-2-6-17(14)23/h1-2,4,6-8,12-13,24-25H,3,5,9-11H2,(H,22,26)/b21-13+. The van der Waals surface area contributed by atoms with Gasteiger partial charge in [-0.2, -0.15) is 5.10 Å². The number of nitrogens with zero attached hydrogens (tertiary/aromatic N) is 2. The first-order valence-corrected chi connectivity index (χ1v) is 8.77. The summed E-state index contributed by atoms with van der Waals surface area (Å²) in [4.78, 5) is 26.1. The van der Waals surface area contributed by atoms with E-state index in [0.717, 1.165) is 24.1 Å². The Morgan fingerprint density at radius 1 is 1.15 bits per heavy atom. The van der Waals surface area contributed by atoms with Gasteiger partial charge in [-0.05, 0) is 36.6 Å². The van der Waals surface area contributed by atoms with E-state index in [4.69, 9.17) is 0 Å². The molecule has 0 saturated carbocycles. The largest absolute Gasteiger partial charge is 0.508 e. The summed E-state index contributed by atoms with van der Waals surface area (Å²) in [6, 6.07) is 11.9. The van der Waals surface area contributed by atoms with E-state index < -0.39 is 0 Å². The minimum Gasteiger partial charge on any atom is -0.508 e. The summed E-state index contributed by atoms with van der Waals surface area (Å²) in [6.07, 6.45) is 3.26. The molecule has 7 heteroatoms. The van der Waals surface area contributed by atoms with E-state index in [2.05, 4.69) is 10.5 Å². The van der Waals surface area contributed by atoms with Crippen LogP contribution in [0.5, 0.6) is 11.5 Å². The number of anilines is 1. The molecule has 140 valence electrons. The Kier molecular flexibility index (Phi) is 5.71. The number of phenolic OH excluding ortho intramolecular Hbond substituents is 2. The van der Waals surface area contributed by atoms with Crippen LogP contribution in [0, 0.1) is 0 Å². The Morgan fingerprint density at radius 3 is 2.78 bits per heavy atom. The van der Waals surface area contributed by atoms with Crippen molar-refractivity contribution in [2.75, 3.05) is 11.4 Å². The maximum atomic E-state index is 12.5. The second-order valence-corrected chi connectivity index (χ2v) is 6.31. The topological polar surface area (TPSA) is 102 Å². The first-order valence-electron chi connectivity index (χ1n) is 8.77. The number of benzene rings is 2. The average molecular weight is 367 g/mol. The number of hydrogen-bond acceptors (Lipinski definition) is 5. The van der Waals surface area contributed by atoms with Gasteiger partial charge in [0.25, 0.3) is 0 Å². The molecule has 2 aromatic rings. The predicted molar refractivity (Wildman–Crippen MR) is 102 cm³/mol. The summed E-state index contributed by atoms with van der Waals surface area (Å²) in [5.41, 5.74) is 4.77. The molecule has 0 fully saturated rings. The molecular formula is C20H21N3O4. The third kappa shape index (κ3) is 4.63. The zero-order valence-electron chi connectivity index (χ0n) is 14.8. The molecule has 1 aliphatic heterocycles. The highest BCUT2D eigenvalue weighted by Crippen LogP contribution is 2.27. The number of phenols is 2. The van der Waals surface area contributed by atoms with Gasteiger partial charge in [0.2, 0.25) is 11.8 Å². The molecule has 0 atom stereocenters. The number of aromatic hydroxyl groups is 2. The van der Waals surface area contributed by atoms with Crippen molar-refractivity contribution in [2.45, 2.75) is 25.7 Å². The van der Waals surface area contributed by atoms with E-state index in [-0.39, 0.29) is 36.2 Å². The van der Waals surface area contributed by atoms with Gasteiger partial charge in [-0.3, -0.25) is 9.59 Å². The molecule has 1 aliphatic rings. The zero-order chi connectivity index (χ0) is 19.2. The van der Waals surface area contributed by atoms with Crippen LogP contribution in [0.15, 0.2) is 47.6 Å². The van der Waals surface area contributed by atoms with Crippen molar-refractivity contribution in [1.82, 2.24) is 5.43 Å². The smallest absolute Gasteiger partial charge is 0.240 e. The van der Waals surface area contributed by atoms with E-state index >= 15 is 0 Å². The van der Waals surface area contributed by atoms with Crippen LogP contribution in [0.3, 0.4) is 0 Å². The number of aryl methyl sites for hydroxylation is 1. The minimum absolute atomic E-state index is 0.0242. The number of hydrazone groups is 1. The fraction of sp³-hybridized carbons (Fsp3) is 0.250. The Balaban J connectivity index is 1.51. The monoisotopic (exact) mass is 367 g/mol. The number of carbonyl (C=O) groups excluding carboxylic acids is 2. The van der Waals surface area contributed by atoms with E-state index in [1.54, 1.807) is 4.90 Å². The second kappa shape index (κ2) is 8.35. The van der Waals surface area contributed by atoms with E-state index in [1.807, 2.05) is 24.3 Å². The Bertz CT molecular complexity index is 879. The lowest BCUT2D eigenvalue weighted by molar-refractivity contribution is -0.125.